The number of nitrogens with one attached hydrogen (secondary N) is 2. The molecular formula is C27H26N4O3S. The maximum atomic E-state index is 13.2. The normalized spacial score (nSPS) is 11.9. The maximum absolute atomic E-state index is 13.2. The summed E-state index contributed by atoms with van der Waals surface area (Å²) in [5, 5.41) is 5.01. The molecule has 8 heteroatoms. The van der Waals surface area contributed by atoms with Crippen LogP contribution in [0.25, 0.3) is 22.2 Å². The number of amides is 1. The van der Waals surface area contributed by atoms with E-state index in [-0.39, 0.29) is 5.91 Å². The Morgan fingerprint density at radius 3 is 2.31 bits per heavy atom. The Kier molecular flexibility index (Phi) is 6.66. The van der Waals surface area contributed by atoms with Gasteiger partial charge in [0.1, 0.15) is 0 Å². The fraction of sp³-hybridized carbons (Fsp3) is 0.148. The molecular weight excluding hydrogens is 460 g/mol. The van der Waals surface area contributed by atoms with Crippen LogP contribution in [0.3, 0.4) is 0 Å². The molecule has 0 aliphatic carbocycles. The first-order valence-electron chi connectivity index (χ1n) is 11.0. The van der Waals surface area contributed by atoms with Gasteiger partial charge in [-0.15, -0.1) is 0 Å². The van der Waals surface area contributed by atoms with Crippen LogP contribution in [0.1, 0.15) is 34.0 Å². The number of pyridine rings is 1. The summed E-state index contributed by atoms with van der Waals surface area (Å²) in [4.78, 5) is 18.0. The van der Waals surface area contributed by atoms with Crippen LogP contribution in [-0.2, 0) is 10.0 Å². The summed E-state index contributed by atoms with van der Waals surface area (Å²) in [6, 6.07) is 22.2. The number of benzene rings is 3. The largest absolute Gasteiger partial charge is 0.284 e. The molecule has 0 saturated heterocycles. The number of carbonyl (C=O) groups excluding carboxylic acids is 1. The number of hydrogen-bond donors (Lipinski definition) is 2. The first kappa shape index (κ1) is 24.1. The maximum Gasteiger partial charge on any atom is 0.272 e. The van der Waals surface area contributed by atoms with E-state index in [4.69, 9.17) is 4.98 Å². The molecule has 0 aliphatic heterocycles. The molecule has 4 aromatic rings. The van der Waals surface area contributed by atoms with E-state index in [0.29, 0.717) is 22.7 Å². The lowest BCUT2D eigenvalue weighted by atomic mass is 10.0. The van der Waals surface area contributed by atoms with Crippen LogP contribution in [-0.4, -0.2) is 31.3 Å². The van der Waals surface area contributed by atoms with Crippen molar-refractivity contribution in [3.05, 3.63) is 95.1 Å². The molecule has 0 unspecified atom stereocenters. The number of hydrazone groups is 1. The Morgan fingerprint density at radius 2 is 1.63 bits per heavy atom. The number of aromatic nitrogens is 1. The molecule has 1 heterocycles. The molecule has 3 aromatic carbocycles. The van der Waals surface area contributed by atoms with E-state index in [1.54, 1.807) is 37.3 Å². The second-order valence-corrected chi connectivity index (χ2v) is 10.2. The van der Waals surface area contributed by atoms with Crippen molar-refractivity contribution in [2.24, 2.45) is 5.10 Å². The summed E-state index contributed by atoms with van der Waals surface area (Å²) in [6.07, 6.45) is 1.09. The summed E-state index contributed by atoms with van der Waals surface area (Å²) in [6.45, 7) is 5.88. The molecule has 0 saturated carbocycles. The molecule has 178 valence electrons. The SMILES string of the molecule is C/C(=N\NC(=O)c1cc(-c2ccc(C)c(C)c2)nc2ccccc12)c1ccc(NS(C)(=O)=O)cc1. The number of fused-ring (bicyclic) bond motifs is 1. The van der Waals surface area contributed by atoms with Crippen molar-refractivity contribution >= 4 is 38.2 Å². The van der Waals surface area contributed by atoms with Crippen molar-refractivity contribution in [2.75, 3.05) is 11.0 Å². The molecule has 2 N–H and O–H groups in total. The van der Waals surface area contributed by atoms with Crippen LogP contribution in [0, 0.1) is 13.8 Å². The lowest BCUT2D eigenvalue weighted by Gasteiger charge is -2.11. The highest BCUT2D eigenvalue weighted by molar-refractivity contribution is 7.92. The van der Waals surface area contributed by atoms with Crippen molar-refractivity contribution in [1.82, 2.24) is 10.4 Å². The van der Waals surface area contributed by atoms with Crippen LogP contribution in [0.15, 0.2) is 77.9 Å². The van der Waals surface area contributed by atoms with Gasteiger partial charge in [0.2, 0.25) is 10.0 Å². The van der Waals surface area contributed by atoms with Crippen molar-refractivity contribution in [3.8, 4) is 11.3 Å². The Labute approximate surface area is 205 Å². The van der Waals surface area contributed by atoms with Gasteiger partial charge in [0.05, 0.1) is 28.7 Å². The van der Waals surface area contributed by atoms with E-state index in [2.05, 4.69) is 35.2 Å². The topological polar surface area (TPSA) is 101 Å². The molecule has 0 fully saturated rings. The van der Waals surface area contributed by atoms with Gasteiger partial charge >= 0.3 is 0 Å². The van der Waals surface area contributed by atoms with E-state index in [0.717, 1.165) is 33.8 Å². The third kappa shape index (κ3) is 5.73. The van der Waals surface area contributed by atoms with Gasteiger partial charge in [-0.1, -0.05) is 42.5 Å². The zero-order valence-corrected chi connectivity index (χ0v) is 20.8. The molecule has 0 bridgehead atoms. The van der Waals surface area contributed by atoms with Gasteiger partial charge in [0.15, 0.2) is 0 Å². The number of hydrogen-bond acceptors (Lipinski definition) is 5. The number of sulfonamides is 1. The van der Waals surface area contributed by atoms with Crippen LogP contribution in [0.5, 0.6) is 0 Å². The Bertz CT molecular complexity index is 1560. The molecule has 1 amide bonds. The lowest BCUT2D eigenvalue weighted by molar-refractivity contribution is 0.0956. The van der Waals surface area contributed by atoms with Gasteiger partial charge in [-0.3, -0.25) is 9.52 Å². The molecule has 0 spiro atoms. The number of anilines is 1. The Hall–Kier alpha value is -4.04. The third-order valence-electron chi connectivity index (χ3n) is 5.69. The van der Waals surface area contributed by atoms with Crippen LogP contribution >= 0.6 is 0 Å². The average molecular weight is 487 g/mol. The summed E-state index contributed by atoms with van der Waals surface area (Å²) < 4.78 is 25.2. The third-order valence-corrected chi connectivity index (χ3v) is 6.30. The van der Waals surface area contributed by atoms with Crippen molar-refractivity contribution in [3.63, 3.8) is 0 Å². The first-order valence-corrected chi connectivity index (χ1v) is 12.9. The predicted octanol–water partition coefficient (Wildman–Crippen LogP) is 5.04. The molecule has 0 aliphatic rings. The zero-order valence-electron chi connectivity index (χ0n) is 20.0. The summed E-state index contributed by atoms with van der Waals surface area (Å²) in [7, 11) is -3.35. The van der Waals surface area contributed by atoms with E-state index in [1.165, 1.54) is 5.56 Å². The minimum absolute atomic E-state index is 0.344. The van der Waals surface area contributed by atoms with Gasteiger partial charge < -0.3 is 0 Å². The summed E-state index contributed by atoms with van der Waals surface area (Å²) in [5.74, 6) is -0.344. The van der Waals surface area contributed by atoms with Gasteiger partial charge in [-0.05, 0) is 67.8 Å². The molecule has 0 radical (unpaired) electrons. The van der Waals surface area contributed by atoms with E-state index < -0.39 is 10.0 Å². The van der Waals surface area contributed by atoms with E-state index >= 15 is 0 Å². The molecule has 4 rings (SSSR count). The fourth-order valence-corrected chi connectivity index (χ4v) is 4.23. The predicted molar refractivity (Wildman–Crippen MR) is 141 cm³/mol. The number of nitrogens with zero attached hydrogens (tertiary/aromatic N) is 2. The summed E-state index contributed by atoms with van der Waals surface area (Å²) in [5.41, 5.74) is 9.64. The van der Waals surface area contributed by atoms with Crippen LogP contribution in [0.2, 0.25) is 0 Å². The minimum Gasteiger partial charge on any atom is -0.284 e. The Balaban J connectivity index is 1.63. The van der Waals surface area contributed by atoms with Crippen molar-refractivity contribution in [1.29, 1.82) is 0 Å². The standard InChI is InChI=1S/C27H26N4O3S/c1-17-9-10-21(15-18(17)2)26-16-24(23-7-5-6-8-25(23)28-26)27(32)30-29-19(3)20-11-13-22(14-12-20)31-35(4,33)34/h5-16,31H,1-4H3,(H,30,32)/b29-19+. The van der Waals surface area contributed by atoms with Crippen LogP contribution in [0.4, 0.5) is 5.69 Å². The molecule has 7 nitrogen and oxygen atoms in total. The number of para-hydroxylation sites is 1. The fourth-order valence-electron chi connectivity index (χ4n) is 3.66. The first-order chi connectivity index (χ1) is 16.6. The highest BCUT2D eigenvalue weighted by Crippen LogP contribution is 2.26. The van der Waals surface area contributed by atoms with Crippen molar-refractivity contribution < 1.29 is 13.2 Å². The highest BCUT2D eigenvalue weighted by atomic mass is 32.2. The van der Waals surface area contributed by atoms with E-state index in [9.17, 15) is 13.2 Å². The quantitative estimate of drug-likeness (QED) is 0.294. The lowest BCUT2D eigenvalue weighted by Crippen LogP contribution is -2.20. The van der Waals surface area contributed by atoms with Gasteiger partial charge in [0, 0.05) is 16.6 Å². The number of rotatable bonds is 6. The summed E-state index contributed by atoms with van der Waals surface area (Å²) >= 11 is 0. The van der Waals surface area contributed by atoms with E-state index in [1.807, 2.05) is 36.4 Å². The average Bonchev–Trinajstić information content (AvgIpc) is 2.82. The molecule has 35 heavy (non-hydrogen) atoms. The minimum atomic E-state index is -3.35. The van der Waals surface area contributed by atoms with Gasteiger partial charge in [0.25, 0.3) is 5.91 Å². The monoisotopic (exact) mass is 486 g/mol. The smallest absolute Gasteiger partial charge is 0.272 e. The van der Waals surface area contributed by atoms with Crippen molar-refractivity contribution in [2.45, 2.75) is 20.8 Å². The van der Waals surface area contributed by atoms with Crippen LogP contribution < -0.4 is 10.1 Å². The second-order valence-electron chi connectivity index (χ2n) is 8.46. The molecule has 1 aromatic heterocycles. The second kappa shape index (κ2) is 9.68. The number of carbonyl (C=O) groups is 1. The zero-order chi connectivity index (χ0) is 25.2. The molecule has 0 atom stereocenters. The highest BCUT2D eigenvalue weighted by Gasteiger charge is 2.14. The number of aryl methyl sites for hydroxylation is 2. The van der Waals surface area contributed by atoms with Gasteiger partial charge in [-0.2, -0.15) is 5.10 Å². The van der Waals surface area contributed by atoms with Gasteiger partial charge in [-0.25, -0.2) is 18.8 Å². The Morgan fingerprint density at radius 1 is 0.914 bits per heavy atom.